The summed E-state index contributed by atoms with van der Waals surface area (Å²) < 4.78 is 0. The molecule has 0 atom stereocenters. The van der Waals surface area contributed by atoms with Crippen LogP contribution in [-0.4, -0.2) is 15.2 Å². The minimum Gasteiger partial charge on any atom is -0.508 e. The molecule has 0 fully saturated rings. The first-order valence-corrected chi connectivity index (χ1v) is 4.31. The summed E-state index contributed by atoms with van der Waals surface area (Å²) in [5.74, 6) is 0.275. The van der Waals surface area contributed by atoms with Crippen molar-refractivity contribution in [3.05, 3.63) is 36.9 Å². The van der Waals surface area contributed by atoms with Gasteiger partial charge in [0.15, 0.2) is 0 Å². The second-order valence-electron chi connectivity index (χ2n) is 3.08. The molecule has 2 rings (SSSR count). The summed E-state index contributed by atoms with van der Waals surface area (Å²) in [5, 5.41) is 19.6. The Labute approximate surface area is 81.7 Å². The van der Waals surface area contributed by atoms with Crippen LogP contribution in [0.1, 0.15) is 5.56 Å². The Kier molecular flexibility index (Phi) is 2.00. The van der Waals surface area contributed by atoms with Crippen LogP contribution in [-0.2, 0) is 6.42 Å². The number of rotatable bonds is 1. The van der Waals surface area contributed by atoms with Gasteiger partial charge in [-0.1, -0.05) is 0 Å². The summed E-state index contributed by atoms with van der Waals surface area (Å²) >= 11 is 0. The van der Waals surface area contributed by atoms with E-state index in [1.54, 1.807) is 18.3 Å². The number of hydrogen-bond acceptors (Lipinski definition) is 3. The van der Waals surface area contributed by atoms with Gasteiger partial charge in [0.2, 0.25) is 0 Å². The van der Waals surface area contributed by atoms with Crippen LogP contribution in [0, 0.1) is 6.92 Å². The molecule has 1 aromatic carbocycles. The van der Waals surface area contributed by atoms with E-state index in [0.29, 0.717) is 22.9 Å². The number of hydrogen-bond donors (Lipinski definition) is 2. The highest BCUT2D eigenvalue weighted by Gasteiger charge is 2.06. The van der Waals surface area contributed by atoms with E-state index in [-0.39, 0.29) is 11.5 Å². The second kappa shape index (κ2) is 3.18. The Hall–Kier alpha value is -1.77. The van der Waals surface area contributed by atoms with Crippen molar-refractivity contribution in [1.29, 1.82) is 0 Å². The topological polar surface area (TPSA) is 53.4 Å². The number of aromatic nitrogens is 1. The van der Waals surface area contributed by atoms with Gasteiger partial charge in [0, 0.05) is 17.1 Å². The Morgan fingerprint density at radius 3 is 2.79 bits per heavy atom. The predicted molar refractivity (Wildman–Crippen MR) is 54.1 cm³/mol. The van der Waals surface area contributed by atoms with Crippen molar-refractivity contribution in [2.24, 2.45) is 0 Å². The normalized spacial score (nSPS) is 10.6. The zero-order chi connectivity index (χ0) is 10.1. The summed E-state index contributed by atoms with van der Waals surface area (Å²) in [4.78, 5) is 4.14. The average Bonchev–Trinajstić information content (AvgIpc) is 2.20. The first-order valence-electron chi connectivity index (χ1n) is 4.31. The number of fused-ring (bicyclic) bond motifs is 1. The van der Waals surface area contributed by atoms with E-state index in [9.17, 15) is 10.2 Å². The van der Waals surface area contributed by atoms with E-state index in [1.807, 2.05) is 0 Å². The lowest BCUT2D eigenvalue weighted by Gasteiger charge is -2.05. The van der Waals surface area contributed by atoms with Crippen LogP contribution >= 0.6 is 0 Å². The predicted octanol–water partition coefficient (Wildman–Crippen LogP) is 2.02. The number of pyridine rings is 1. The quantitative estimate of drug-likeness (QED) is 0.719. The molecule has 0 unspecified atom stereocenters. The van der Waals surface area contributed by atoms with Crippen LogP contribution in [0.4, 0.5) is 0 Å². The smallest absolute Gasteiger partial charge is 0.129 e. The summed E-state index contributed by atoms with van der Waals surface area (Å²) in [5.41, 5.74) is 1.35. The van der Waals surface area contributed by atoms with Crippen molar-refractivity contribution in [2.45, 2.75) is 6.42 Å². The molecule has 2 N–H and O–H groups in total. The third-order valence-electron chi connectivity index (χ3n) is 2.17. The number of nitrogens with zero attached hydrogens (tertiary/aromatic N) is 1. The molecule has 3 heteroatoms. The highest BCUT2D eigenvalue weighted by Crippen LogP contribution is 2.29. The van der Waals surface area contributed by atoms with E-state index in [0.717, 1.165) is 0 Å². The van der Waals surface area contributed by atoms with Crippen molar-refractivity contribution in [1.82, 2.24) is 4.98 Å². The monoisotopic (exact) mass is 188 g/mol. The molecule has 0 saturated carbocycles. The number of phenols is 1. The molecule has 1 radical (unpaired) electrons. The third-order valence-corrected chi connectivity index (χ3v) is 2.17. The van der Waals surface area contributed by atoms with Crippen LogP contribution in [0.2, 0.25) is 0 Å². The molecule has 0 spiro atoms. The highest BCUT2D eigenvalue weighted by atomic mass is 16.3. The zero-order valence-electron chi connectivity index (χ0n) is 7.57. The summed E-state index contributed by atoms with van der Waals surface area (Å²) in [7, 11) is 0. The van der Waals surface area contributed by atoms with Gasteiger partial charge in [-0.15, -0.1) is 0 Å². The number of phenolic OH excluding ortho intramolecular Hbond substituents is 1. The lowest BCUT2D eigenvalue weighted by Crippen LogP contribution is -1.86. The summed E-state index contributed by atoms with van der Waals surface area (Å²) in [6.07, 6.45) is 2.08. The minimum absolute atomic E-state index is 0.121. The Balaban J connectivity index is 2.79. The van der Waals surface area contributed by atoms with E-state index in [1.165, 1.54) is 6.07 Å². The molecule has 3 nitrogen and oxygen atoms in total. The maximum atomic E-state index is 9.78. The van der Waals surface area contributed by atoms with Gasteiger partial charge in [-0.05, 0) is 31.5 Å². The molecule has 1 aromatic heterocycles. The van der Waals surface area contributed by atoms with Gasteiger partial charge in [-0.3, -0.25) is 4.98 Å². The molecule has 0 saturated heterocycles. The third kappa shape index (κ3) is 1.27. The maximum absolute atomic E-state index is 9.78. The van der Waals surface area contributed by atoms with Gasteiger partial charge in [0.05, 0.1) is 5.52 Å². The first kappa shape index (κ1) is 8.81. The first-order chi connectivity index (χ1) is 6.72. The molecule has 0 aliphatic rings. The van der Waals surface area contributed by atoms with Crippen LogP contribution in [0.3, 0.4) is 0 Å². The van der Waals surface area contributed by atoms with Gasteiger partial charge in [0.25, 0.3) is 0 Å². The molecule has 0 amide bonds. The lowest BCUT2D eigenvalue weighted by atomic mass is 10.1. The van der Waals surface area contributed by atoms with Gasteiger partial charge in [-0.2, -0.15) is 0 Å². The highest BCUT2D eigenvalue weighted by molar-refractivity contribution is 5.86. The van der Waals surface area contributed by atoms with E-state index >= 15 is 0 Å². The van der Waals surface area contributed by atoms with E-state index in [4.69, 9.17) is 0 Å². The van der Waals surface area contributed by atoms with Gasteiger partial charge < -0.3 is 10.2 Å². The van der Waals surface area contributed by atoms with Crippen molar-refractivity contribution < 1.29 is 10.2 Å². The van der Waals surface area contributed by atoms with E-state index < -0.39 is 0 Å². The largest absolute Gasteiger partial charge is 0.508 e. The van der Waals surface area contributed by atoms with Crippen LogP contribution < -0.4 is 0 Å². The number of benzene rings is 1. The zero-order valence-corrected chi connectivity index (χ0v) is 7.57. The average molecular weight is 188 g/mol. The molecular weight excluding hydrogens is 178 g/mol. The van der Waals surface area contributed by atoms with Gasteiger partial charge in [0.1, 0.15) is 11.5 Å². The minimum atomic E-state index is 0.121. The van der Waals surface area contributed by atoms with Gasteiger partial charge >= 0.3 is 0 Å². The van der Waals surface area contributed by atoms with Crippen LogP contribution in [0.5, 0.6) is 11.5 Å². The fourth-order valence-electron chi connectivity index (χ4n) is 1.39. The fourth-order valence-corrected chi connectivity index (χ4v) is 1.39. The SMILES string of the molecule is [CH2]Cc1cnc2ccc(O)cc2c1O. The Morgan fingerprint density at radius 2 is 2.07 bits per heavy atom. The second-order valence-corrected chi connectivity index (χ2v) is 3.08. The molecule has 14 heavy (non-hydrogen) atoms. The lowest BCUT2D eigenvalue weighted by molar-refractivity contribution is 0.469. The van der Waals surface area contributed by atoms with Crippen molar-refractivity contribution in [2.75, 3.05) is 0 Å². The molecule has 0 aliphatic carbocycles. The van der Waals surface area contributed by atoms with Crippen molar-refractivity contribution >= 4 is 10.9 Å². The van der Waals surface area contributed by atoms with Crippen LogP contribution in [0.15, 0.2) is 24.4 Å². The van der Waals surface area contributed by atoms with Crippen molar-refractivity contribution in [3.8, 4) is 11.5 Å². The standard InChI is InChI=1S/C11H10NO2/c1-2-7-6-12-10-4-3-8(13)5-9(10)11(7)14/h3-6,13H,1-2H2,(H,12,14). The molecule has 2 aromatic rings. The Bertz CT molecular complexity index is 480. The molecule has 0 bridgehead atoms. The Morgan fingerprint density at radius 1 is 1.29 bits per heavy atom. The summed E-state index contributed by atoms with van der Waals surface area (Å²) in [6, 6.07) is 4.70. The van der Waals surface area contributed by atoms with Crippen molar-refractivity contribution in [3.63, 3.8) is 0 Å². The molecule has 0 aliphatic heterocycles. The van der Waals surface area contributed by atoms with Crippen LogP contribution in [0.25, 0.3) is 10.9 Å². The maximum Gasteiger partial charge on any atom is 0.129 e. The fraction of sp³-hybridized carbons (Fsp3) is 0.0909. The molecule has 71 valence electrons. The van der Waals surface area contributed by atoms with E-state index in [2.05, 4.69) is 11.9 Å². The van der Waals surface area contributed by atoms with Gasteiger partial charge in [-0.25, -0.2) is 0 Å². The molecular formula is C11H10NO2. The summed E-state index contributed by atoms with van der Waals surface area (Å²) in [6.45, 7) is 3.68. The molecule has 1 heterocycles. The number of aromatic hydroxyl groups is 2.